The number of benzene rings is 2. The van der Waals surface area contributed by atoms with Gasteiger partial charge in [0.15, 0.2) is 0 Å². The van der Waals surface area contributed by atoms with Crippen molar-refractivity contribution in [1.82, 2.24) is 0 Å². The number of carbonyl (C=O) groups excluding carboxylic acids is 1. The summed E-state index contributed by atoms with van der Waals surface area (Å²) in [6.45, 7) is 0.218. The Bertz CT molecular complexity index is 692. The first-order valence-electron chi connectivity index (χ1n) is 6.83. The molecule has 0 saturated carbocycles. The van der Waals surface area contributed by atoms with Crippen LogP contribution in [0.15, 0.2) is 64.8 Å². The van der Waals surface area contributed by atoms with Crippen molar-refractivity contribution in [3.8, 4) is 0 Å². The van der Waals surface area contributed by atoms with Gasteiger partial charge in [0.1, 0.15) is 6.61 Å². The number of ether oxygens (including phenoxy) is 1. The van der Waals surface area contributed by atoms with Gasteiger partial charge in [-0.2, -0.15) is 5.10 Å². The van der Waals surface area contributed by atoms with Crippen molar-refractivity contribution in [1.29, 1.82) is 0 Å². The molecule has 2 aromatic rings. The standard InChI is InChI=1S/C16H17N5O2/c17-15(18)21-19-10-12-6-8-14(9-7-12)20-16(22)23-11-13-4-2-1-3-5-13/h1-10H,11H2,(H,20,22)(H4,17,18,21). The zero-order valence-electron chi connectivity index (χ0n) is 12.3. The van der Waals surface area contributed by atoms with Gasteiger partial charge in [-0.05, 0) is 23.3 Å². The Labute approximate surface area is 133 Å². The van der Waals surface area contributed by atoms with Gasteiger partial charge in [-0.25, -0.2) is 4.79 Å². The molecule has 0 saturated heterocycles. The molecule has 23 heavy (non-hydrogen) atoms. The van der Waals surface area contributed by atoms with Gasteiger partial charge in [-0.3, -0.25) is 5.32 Å². The molecule has 0 atom stereocenters. The van der Waals surface area contributed by atoms with Crippen LogP contribution in [0.3, 0.4) is 0 Å². The molecule has 0 fully saturated rings. The second-order valence-corrected chi connectivity index (χ2v) is 4.58. The maximum Gasteiger partial charge on any atom is 0.411 e. The summed E-state index contributed by atoms with van der Waals surface area (Å²) in [5.74, 6) is -0.110. The van der Waals surface area contributed by atoms with Crippen LogP contribution in [0.4, 0.5) is 10.5 Å². The lowest BCUT2D eigenvalue weighted by Crippen LogP contribution is -2.21. The molecule has 7 nitrogen and oxygen atoms in total. The van der Waals surface area contributed by atoms with Crippen LogP contribution in [0.1, 0.15) is 11.1 Å². The molecule has 0 spiro atoms. The molecule has 0 aliphatic rings. The molecule has 7 heteroatoms. The van der Waals surface area contributed by atoms with E-state index >= 15 is 0 Å². The van der Waals surface area contributed by atoms with Crippen molar-refractivity contribution in [2.24, 2.45) is 21.7 Å². The molecule has 0 radical (unpaired) electrons. The molecule has 2 rings (SSSR count). The molecule has 1 amide bonds. The normalized spacial score (nSPS) is 10.3. The van der Waals surface area contributed by atoms with Crippen molar-refractivity contribution in [3.05, 3.63) is 65.7 Å². The largest absolute Gasteiger partial charge is 0.444 e. The lowest BCUT2D eigenvalue weighted by molar-refractivity contribution is 0.155. The molecular formula is C16H17N5O2. The highest BCUT2D eigenvalue weighted by Gasteiger charge is 2.03. The molecule has 2 aromatic carbocycles. The number of amides is 1. The lowest BCUT2D eigenvalue weighted by atomic mass is 10.2. The summed E-state index contributed by atoms with van der Waals surface area (Å²) in [6.07, 6.45) is 0.979. The number of rotatable bonds is 5. The van der Waals surface area contributed by atoms with Gasteiger partial charge < -0.3 is 16.2 Å². The van der Waals surface area contributed by atoms with Crippen LogP contribution < -0.4 is 16.8 Å². The average molecular weight is 311 g/mol. The minimum Gasteiger partial charge on any atom is -0.444 e. The molecule has 0 bridgehead atoms. The predicted octanol–water partition coefficient (Wildman–Crippen LogP) is 2.04. The van der Waals surface area contributed by atoms with Crippen LogP contribution in [-0.4, -0.2) is 18.3 Å². The summed E-state index contributed by atoms with van der Waals surface area (Å²) in [7, 11) is 0. The summed E-state index contributed by atoms with van der Waals surface area (Å²) in [6, 6.07) is 16.4. The van der Waals surface area contributed by atoms with Crippen LogP contribution in [-0.2, 0) is 11.3 Å². The van der Waals surface area contributed by atoms with E-state index in [9.17, 15) is 4.79 Å². The van der Waals surface area contributed by atoms with Crippen LogP contribution in [0.2, 0.25) is 0 Å². The fourth-order valence-corrected chi connectivity index (χ4v) is 1.69. The first-order valence-corrected chi connectivity index (χ1v) is 6.83. The Morgan fingerprint density at radius 3 is 2.43 bits per heavy atom. The van der Waals surface area contributed by atoms with E-state index in [1.165, 1.54) is 6.21 Å². The van der Waals surface area contributed by atoms with E-state index < -0.39 is 6.09 Å². The number of hydrogen-bond donors (Lipinski definition) is 3. The van der Waals surface area contributed by atoms with Gasteiger partial charge in [0.05, 0.1) is 6.21 Å². The number of guanidine groups is 1. The highest BCUT2D eigenvalue weighted by molar-refractivity contribution is 5.86. The Balaban J connectivity index is 1.84. The first kappa shape index (κ1) is 16.0. The van der Waals surface area contributed by atoms with Crippen LogP contribution in [0.5, 0.6) is 0 Å². The topological polar surface area (TPSA) is 115 Å². The molecular weight excluding hydrogens is 294 g/mol. The highest BCUT2D eigenvalue weighted by atomic mass is 16.5. The van der Waals surface area contributed by atoms with Gasteiger partial charge >= 0.3 is 6.09 Å². The van der Waals surface area contributed by atoms with E-state index in [1.807, 2.05) is 30.3 Å². The van der Waals surface area contributed by atoms with Crippen molar-refractivity contribution in [2.75, 3.05) is 5.32 Å². The van der Waals surface area contributed by atoms with Crippen molar-refractivity contribution in [2.45, 2.75) is 6.61 Å². The van der Waals surface area contributed by atoms with Crippen molar-refractivity contribution >= 4 is 24.0 Å². The molecule has 0 aromatic heterocycles. The monoisotopic (exact) mass is 311 g/mol. The SMILES string of the molecule is NC(N)=NN=Cc1ccc(NC(=O)OCc2ccccc2)cc1. The minimum atomic E-state index is -0.518. The zero-order valence-corrected chi connectivity index (χ0v) is 12.3. The summed E-state index contributed by atoms with van der Waals surface area (Å²) in [5.41, 5.74) is 12.6. The van der Waals surface area contributed by atoms with Gasteiger partial charge in [0.2, 0.25) is 5.96 Å². The third kappa shape index (κ3) is 5.88. The smallest absolute Gasteiger partial charge is 0.411 e. The van der Waals surface area contributed by atoms with Gasteiger partial charge in [0.25, 0.3) is 0 Å². The lowest BCUT2D eigenvalue weighted by Gasteiger charge is -2.07. The fraction of sp³-hybridized carbons (Fsp3) is 0.0625. The summed E-state index contributed by atoms with van der Waals surface area (Å²) < 4.78 is 5.13. The second-order valence-electron chi connectivity index (χ2n) is 4.58. The van der Waals surface area contributed by atoms with E-state index in [4.69, 9.17) is 16.2 Å². The first-order chi connectivity index (χ1) is 11.1. The van der Waals surface area contributed by atoms with E-state index in [2.05, 4.69) is 15.5 Å². The average Bonchev–Trinajstić information content (AvgIpc) is 2.55. The fourth-order valence-electron chi connectivity index (χ4n) is 1.69. The molecule has 5 N–H and O–H groups in total. The Morgan fingerprint density at radius 2 is 1.78 bits per heavy atom. The zero-order chi connectivity index (χ0) is 16.5. The number of nitrogens with two attached hydrogens (primary N) is 2. The summed E-state index contributed by atoms with van der Waals surface area (Å²) in [5, 5.41) is 9.83. The number of carbonyl (C=O) groups is 1. The van der Waals surface area contributed by atoms with Crippen molar-refractivity contribution < 1.29 is 9.53 Å². The third-order valence-electron chi connectivity index (χ3n) is 2.75. The van der Waals surface area contributed by atoms with Gasteiger partial charge in [0, 0.05) is 5.69 Å². The van der Waals surface area contributed by atoms with E-state index in [-0.39, 0.29) is 12.6 Å². The molecule has 118 valence electrons. The van der Waals surface area contributed by atoms with E-state index in [0.29, 0.717) is 5.69 Å². The maximum atomic E-state index is 11.7. The third-order valence-corrected chi connectivity index (χ3v) is 2.75. The molecule has 0 unspecified atom stereocenters. The number of nitrogens with one attached hydrogen (secondary N) is 1. The molecule has 0 heterocycles. The number of anilines is 1. The maximum absolute atomic E-state index is 11.7. The van der Waals surface area contributed by atoms with Crippen LogP contribution in [0.25, 0.3) is 0 Å². The second kappa shape index (κ2) is 8.18. The van der Waals surface area contributed by atoms with Crippen molar-refractivity contribution in [3.63, 3.8) is 0 Å². The Morgan fingerprint density at radius 1 is 1.09 bits per heavy atom. The van der Waals surface area contributed by atoms with E-state index in [1.54, 1.807) is 24.3 Å². The van der Waals surface area contributed by atoms with Gasteiger partial charge in [-0.1, -0.05) is 42.5 Å². The quantitative estimate of drug-likeness (QED) is 0.445. The van der Waals surface area contributed by atoms with Gasteiger partial charge in [-0.15, -0.1) is 5.10 Å². The Hall–Kier alpha value is -3.35. The highest BCUT2D eigenvalue weighted by Crippen LogP contribution is 2.09. The molecule has 0 aliphatic carbocycles. The summed E-state index contributed by atoms with van der Waals surface area (Å²) in [4.78, 5) is 11.7. The summed E-state index contributed by atoms with van der Waals surface area (Å²) >= 11 is 0. The predicted molar refractivity (Wildman–Crippen MR) is 90.1 cm³/mol. The Kier molecular flexibility index (Phi) is 5.70. The molecule has 0 aliphatic heterocycles. The number of hydrogen-bond acceptors (Lipinski definition) is 4. The minimum absolute atomic E-state index is 0.110. The van der Waals surface area contributed by atoms with Crippen LogP contribution in [0, 0.1) is 0 Å². The van der Waals surface area contributed by atoms with Crippen LogP contribution >= 0.6 is 0 Å². The van der Waals surface area contributed by atoms with E-state index in [0.717, 1.165) is 11.1 Å². The number of nitrogens with zero attached hydrogens (tertiary/aromatic N) is 2.